The summed E-state index contributed by atoms with van der Waals surface area (Å²) in [6.45, 7) is 4.20. The molecule has 3 aromatic rings. The molecule has 0 aliphatic carbocycles. The number of ketones is 1. The van der Waals surface area contributed by atoms with Gasteiger partial charge in [0.05, 0.1) is 5.56 Å². The van der Waals surface area contributed by atoms with Gasteiger partial charge in [-0.05, 0) is 68.3 Å². The smallest absolute Gasteiger partial charge is 0.312 e. The minimum Gasteiger partial charge on any atom is -0.312 e. The normalized spacial score (nSPS) is 11.3. The van der Waals surface area contributed by atoms with Crippen molar-refractivity contribution in [3.8, 4) is 0 Å². The highest BCUT2D eigenvalue weighted by Crippen LogP contribution is 2.28. The molecule has 0 N–H and O–H groups in total. The van der Waals surface area contributed by atoms with E-state index >= 15 is 0 Å². The highest BCUT2D eigenvalue weighted by molar-refractivity contribution is 7.99. The fraction of sp³-hybridized carbons (Fsp3) is 0.250. The molecule has 33 heavy (non-hydrogen) atoms. The quantitative estimate of drug-likeness (QED) is 0.0978. The van der Waals surface area contributed by atoms with Crippen LogP contribution in [0.4, 0.5) is 0 Å². The molecule has 170 valence electrons. The third-order valence-corrected chi connectivity index (χ3v) is 6.17. The Morgan fingerprint density at radius 2 is 1.42 bits per heavy atom. The number of aryl methyl sites for hydroxylation is 1. The van der Waals surface area contributed by atoms with E-state index in [0.717, 1.165) is 35.5 Å². The standard InChI is InChI=1S/C28H29NO3S/c1-3-4-5-9-12-26(29-32-28(31)23-10-7-6-8-11-23)27(30)22-15-19-25(20-16-22)33-24-17-13-21(2)14-18-24/h6-8,10-11,13-20H,3-5,9,12H2,1-2H3/b29-26+. The van der Waals surface area contributed by atoms with Crippen LogP contribution < -0.4 is 0 Å². The Morgan fingerprint density at radius 1 is 0.788 bits per heavy atom. The molecule has 0 aromatic heterocycles. The molecule has 0 fully saturated rings. The van der Waals surface area contributed by atoms with Crippen molar-refractivity contribution < 1.29 is 14.4 Å². The van der Waals surface area contributed by atoms with E-state index in [2.05, 4.69) is 43.3 Å². The molecule has 0 amide bonds. The number of unbranched alkanes of at least 4 members (excludes halogenated alkanes) is 3. The van der Waals surface area contributed by atoms with Crippen LogP contribution in [-0.4, -0.2) is 17.5 Å². The van der Waals surface area contributed by atoms with Gasteiger partial charge >= 0.3 is 5.97 Å². The second kappa shape index (κ2) is 12.8. The Kier molecular flexibility index (Phi) is 9.45. The number of rotatable bonds is 11. The maximum atomic E-state index is 13.1. The first kappa shape index (κ1) is 24.5. The summed E-state index contributed by atoms with van der Waals surface area (Å²) in [5.41, 5.74) is 2.43. The van der Waals surface area contributed by atoms with E-state index in [9.17, 15) is 9.59 Å². The number of hydrogen-bond donors (Lipinski definition) is 0. The van der Waals surface area contributed by atoms with E-state index in [1.165, 1.54) is 5.56 Å². The van der Waals surface area contributed by atoms with E-state index in [1.807, 2.05) is 18.2 Å². The van der Waals surface area contributed by atoms with Gasteiger partial charge in [-0.1, -0.05) is 79.0 Å². The lowest BCUT2D eigenvalue weighted by Crippen LogP contribution is -2.16. The molecule has 0 spiro atoms. The van der Waals surface area contributed by atoms with Crippen LogP contribution in [0.3, 0.4) is 0 Å². The Balaban J connectivity index is 1.71. The maximum Gasteiger partial charge on any atom is 0.365 e. The second-order valence-electron chi connectivity index (χ2n) is 7.86. The van der Waals surface area contributed by atoms with Crippen LogP contribution >= 0.6 is 11.8 Å². The predicted octanol–water partition coefficient (Wildman–Crippen LogP) is 7.51. The Morgan fingerprint density at radius 3 is 2.06 bits per heavy atom. The zero-order valence-electron chi connectivity index (χ0n) is 19.1. The third-order valence-electron chi connectivity index (χ3n) is 5.15. The Labute approximate surface area is 200 Å². The number of carbonyl (C=O) groups excluding carboxylic acids is 2. The van der Waals surface area contributed by atoms with E-state index in [4.69, 9.17) is 4.84 Å². The van der Waals surface area contributed by atoms with Crippen molar-refractivity contribution in [1.82, 2.24) is 0 Å². The number of carbonyl (C=O) groups is 2. The highest BCUT2D eigenvalue weighted by atomic mass is 32.2. The zero-order valence-corrected chi connectivity index (χ0v) is 19.9. The molecule has 0 bridgehead atoms. The minimum absolute atomic E-state index is 0.209. The average Bonchev–Trinajstić information content (AvgIpc) is 2.85. The number of benzene rings is 3. The SMILES string of the molecule is CCCCCC/C(=N\OC(=O)c1ccccc1)C(=O)c1ccc(Sc2ccc(C)cc2)cc1. The average molecular weight is 460 g/mol. The molecule has 3 aromatic carbocycles. The van der Waals surface area contributed by atoms with Gasteiger partial charge in [0.1, 0.15) is 5.71 Å². The van der Waals surface area contributed by atoms with Crippen molar-refractivity contribution in [3.05, 3.63) is 95.6 Å². The topological polar surface area (TPSA) is 55.7 Å². The molecular weight excluding hydrogens is 430 g/mol. The largest absolute Gasteiger partial charge is 0.365 e. The monoisotopic (exact) mass is 459 g/mol. The zero-order chi connectivity index (χ0) is 23.5. The van der Waals surface area contributed by atoms with Crippen LogP contribution in [0.25, 0.3) is 0 Å². The van der Waals surface area contributed by atoms with Crippen molar-refractivity contribution >= 4 is 29.2 Å². The fourth-order valence-corrected chi connectivity index (χ4v) is 4.04. The van der Waals surface area contributed by atoms with Gasteiger partial charge in [-0.3, -0.25) is 4.79 Å². The molecule has 0 heterocycles. The van der Waals surface area contributed by atoms with Crippen LogP contribution in [0.1, 0.15) is 65.3 Å². The van der Waals surface area contributed by atoms with E-state index in [0.29, 0.717) is 17.5 Å². The molecule has 5 heteroatoms. The number of Topliss-reactive ketones (excluding diaryl/α,β-unsaturated/α-hetero) is 1. The van der Waals surface area contributed by atoms with Crippen molar-refractivity contribution in [2.45, 2.75) is 55.7 Å². The summed E-state index contributed by atoms with van der Waals surface area (Å²) in [6, 6.07) is 24.5. The first-order valence-corrected chi connectivity index (χ1v) is 12.1. The van der Waals surface area contributed by atoms with Crippen molar-refractivity contribution in [3.63, 3.8) is 0 Å². The number of nitrogens with zero attached hydrogens (tertiary/aromatic N) is 1. The van der Waals surface area contributed by atoms with Crippen molar-refractivity contribution in [2.75, 3.05) is 0 Å². The molecule has 0 saturated carbocycles. The predicted molar refractivity (Wildman–Crippen MR) is 134 cm³/mol. The molecule has 0 atom stereocenters. The summed E-state index contributed by atoms with van der Waals surface area (Å²) in [7, 11) is 0. The summed E-state index contributed by atoms with van der Waals surface area (Å²) >= 11 is 1.65. The van der Waals surface area contributed by atoms with Gasteiger partial charge in [-0.15, -0.1) is 0 Å². The first-order chi connectivity index (χ1) is 16.1. The molecule has 0 aliphatic heterocycles. The third kappa shape index (κ3) is 7.72. The molecule has 0 radical (unpaired) electrons. The van der Waals surface area contributed by atoms with Crippen molar-refractivity contribution in [2.24, 2.45) is 5.16 Å². The second-order valence-corrected chi connectivity index (χ2v) is 9.01. The van der Waals surface area contributed by atoms with Gasteiger partial charge in [0.2, 0.25) is 5.78 Å². The number of oxime groups is 1. The summed E-state index contributed by atoms with van der Waals surface area (Å²) in [6.07, 6.45) is 4.49. The first-order valence-electron chi connectivity index (χ1n) is 11.3. The van der Waals surface area contributed by atoms with Crippen LogP contribution in [0, 0.1) is 6.92 Å². The van der Waals surface area contributed by atoms with Crippen LogP contribution in [0.15, 0.2) is 93.8 Å². The highest BCUT2D eigenvalue weighted by Gasteiger charge is 2.17. The van der Waals surface area contributed by atoms with Crippen LogP contribution in [-0.2, 0) is 4.84 Å². The Bertz CT molecular complexity index is 1070. The number of hydrogen-bond acceptors (Lipinski definition) is 5. The molecule has 0 unspecified atom stereocenters. The van der Waals surface area contributed by atoms with Gasteiger partial charge in [-0.2, -0.15) is 0 Å². The summed E-state index contributed by atoms with van der Waals surface area (Å²) < 4.78 is 0. The van der Waals surface area contributed by atoms with Crippen LogP contribution in [0.2, 0.25) is 0 Å². The van der Waals surface area contributed by atoms with Gasteiger partial charge in [0.25, 0.3) is 0 Å². The molecule has 4 nitrogen and oxygen atoms in total. The minimum atomic E-state index is -0.570. The lowest BCUT2D eigenvalue weighted by molar-refractivity contribution is 0.0514. The van der Waals surface area contributed by atoms with Gasteiger partial charge in [-0.25, -0.2) is 4.79 Å². The molecular formula is C28H29NO3S. The van der Waals surface area contributed by atoms with E-state index < -0.39 is 5.97 Å². The lowest BCUT2D eigenvalue weighted by Gasteiger charge is -2.07. The molecule has 0 aliphatic rings. The lowest BCUT2D eigenvalue weighted by atomic mass is 10.0. The summed E-state index contributed by atoms with van der Waals surface area (Å²) in [5, 5.41) is 3.98. The van der Waals surface area contributed by atoms with Crippen molar-refractivity contribution in [1.29, 1.82) is 0 Å². The summed E-state index contributed by atoms with van der Waals surface area (Å²) in [4.78, 5) is 32.7. The van der Waals surface area contributed by atoms with Gasteiger partial charge in [0.15, 0.2) is 0 Å². The van der Waals surface area contributed by atoms with Gasteiger partial charge in [0, 0.05) is 15.4 Å². The van der Waals surface area contributed by atoms with E-state index in [-0.39, 0.29) is 11.5 Å². The van der Waals surface area contributed by atoms with Crippen LogP contribution in [0.5, 0.6) is 0 Å². The van der Waals surface area contributed by atoms with Gasteiger partial charge < -0.3 is 4.84 Å². The fourth-order valence-electron chi connectivity index (χ4n) is 3.23. The molecule has 3 rings (SSSR count). The maximum absolute atomic E-state index is 13.1. The Hall–Kier alpha value is -3.18. The van der Waals surface area contributed by atoms with E-state index in [1.54, 1.807) is 48.2 Å². The molecule has 0 saturated heterocycles. The summed E-state index contributed by atoms with van der Waals surface area (Å²) in [5.74, 6) is -0.779.